The Kier molecular flexibility index (Phi) is 8.70. The lowest BCUT2D eigenvalue weighted by Gasteiger charge is -2.36. The summed E-state index contributed by atoms with van der Waals surface area (Å²) >= 11 is 0. The van der Waals surface area contributed by atoms with E-state index in [0.29, 0.717) is 11.5 Å². The molecule has 1 fully saturated rings. The minimum atomic E-state index is 0.0839. The Morgan fingerprint density at radius 1 is 1.25 bits per heavy atom. The van der Waals surface area contributed by atoms with Crippen molar-refractivity contribution in [3.63, 3.8) is 0 Å². The molecule has 1 aromatic carbocycles. The number of likely N-dealkylation sites (N-methyl/N-ethyl adjacent to an activating group) is 1. The number of hydrogen-bond donors (Lipinski definition) is 0. The highest BCUT2D eigenvalue weighted by Crippen LogP contribution is 2.24. The van der Waals surface area contributed by atoms with Crippen LogP contribution in [0.5, 0.6) is 5.75 Å². The molecule has 1 atom stereocenters. The minimum absolute atomic E-state index is 0.0839. The molecule has 0 spiro atoms. The number of benzene rings is 1. The lowest BCUT2D eigenvalue weighted by Crippen LogP contribution is -2.44. The van der Waals surface area contributed by atoms with Gasteiger partial charge in [0.1, 0.15) is 5.75 Å². The van der Waals surface area contributed by atoms with Crippen molar-refractivity contribution in [3.05, 3.63) is 47.8 Å². The van der Waals surface area contributed by atoms with Crippen molar-refractivity contribution in [3.8, 4) is 5.75 Å². The third-order valence-corrected chi connectivity index (χ3v) is 6.15. The molecule has 1 aromatic heterocycles. The van der Waals surface area contributed by atoms with Gasteiger partial charge in [0, 0.05) is 50.5 Å². The van der Waals surface area contributed by atoms with E-state index in [0.717, 1.165) is 57.9 Å². The van der Waals surface area contributed by atoms with Crippen LogP contribution in [0.15, 0.2) is 36.7 Å². The summed E-state index contributed by atoms with van der Waals surface area (Å²) in [7, 11) is 5.83. The zero-order valence-corrected chi connectivity index (χ0v) is 20.3. The van der Waals surface area contributed by atoms with E-state index in [-0.39, 0.29) is 11.9 Å². The van der Waals surface area contributed by atoms with Crippen molar-refractivity contribution in [1.29, 1.82) is 0 Å². The number of amides is 1. The molecule has 7 heteroatoms. The summed E-state index contributed by atoms with van der Waals surface area (Å²) < 4.78 is 7.39. The van der Waals surface area contributed by atoms with Crippen LogP contribution in [0.1, 0.15) is 48.7 Å². The Balaban J connectivity index is 1.67. The molecule has 176 valence electrons. The van der Waals surface area contributed by atoms with Crippen molar-refractivity contribution in [2.45, 2.75) is 39.3 Å². The summed E-state index contributed by atoms with van der Waals surface area (Å²) in [5.74, 6) is 1.49. The molecule has 0 N–H and O–H groups in total. The number of aromatic nitrogens is 2. The molecule has 1 aliphatic rings. The largest absolute Gasteiger partial charge is 0.496 e. The van der Waals surface area contributed by atoms with Crippen molar-refractivity contribution in [2.24, 2.45) is 5.92 Å². The maximum Gasteiger partial charge on any atom is 0.257 e. The summed E-state index contributed by atoms with van der Waals surface area (Å²) in [6.45, 7) is 9.46. The molecule has 0 aliphatic carbocycles. The van der Waals surface area contributed by atoms with Gasteiger partial charge < -0.3 is 14.5 Å². The summed E-state index contributed by atoms with van der Waals surface area (Å²) in [5, 5.41) is 4.38. The molecule has 0 saturated carbocycles. The molecule has 3 rings (SSSR count). The van der Waals surface area contributed by atoms with Gasteiger partial charge in [-0.3, -0.25) is 14.4 Å². The van der Waals surface area contributed by atoms with Crippen LogP contribution in [0.3, 0.4) is 0 Å². The number of piperidine rings is 1. The standard InChI is InChI=1S/C25H39N5O2/c1-20(2)30-19-23(15-26-30)25(31)29(14-13-27(3)4)17-21-9-8-12-28(16-21)18-22-10-6-7-11-24(22)32-5/h6-7,10-11,15,19-21H,8-9,12-14,16-18H2,1-5H3/t21-/m0/s1. The fraction of sp³-hybridized carbons (Fsp3) is 0.600. The molecular weight excluding hydrogens is 402 g/mol. The molecule has 1 amide bonds. The molecular formula is C25H39N5O2. The Hall–Kier alpha value is -2.38. The van der Waals surface area contributed by atoms with Crippen LogP contribution in [-0.4, -0.2) is 84.3 Å². The lowest BCUT2D eigenvalue weighted by atomic mass is 9.96. The zero-order valence-electron chi connectivity index (χ0n) is 20.3. The molecule has 2 heterocycles. The van der Waals surface area contributed by atoms with E-state index in [1.807, 2.05) is 27.9 Å². The van der Waals surface area contributed by atoms with Crippen LogP contribution < -0.4 is 4.74 Å². The van der Waals surface area contributed by atoms with Gasteiger partial charge in [-0.15, -0.1) is 0 Å². The highest BCUT2D eigenvalue weighted by atomic mass is 16.5. The summed E-state index contributed by atoms with van der Waals surface area (Å²) in [6.07, 6.45) is 5.89. The number of ether oxygens (including phenoxy) is 1. The Morgan fingerprint density at radius 2 is 2.03 bits per heavy atom. The zero-order chi connectivity index (χ0) is 23.1. The Labute approximate surface area is 192 Å². The fourth-order valence-corrected chi connectivity index (χ4v) is 4.34. The normalized spacial score (nSPS) is 17.2. The van der Waals surface area contributed by atoms with Crippen LogP contribution in [0.4, 0.5) is 0 Å². The number of methoxy groups -OCH3 is 1. The van der Waals surface area contributed by atoms with Gasteiger partial charge >= 0.3 is 0 Å². The average molecular weight is 442 g/mol. The molecule has 1 saturated heterocycles. The predicted molar refractivity (Wildman–Crippen MR) is 128 cm³/mol. The van der Waals surface area contributed by atoms with E-state index in [1.165, 1.54) is 5.56 Å². The number of carbonyl (C=O) groups is 1. The summed E-state index contributed by atoms with van der Waals surface area (Å²) in [5.41, 5.74) is 1.90. The van der Waals surface area contributed by atoms with E-state index < -0.39 is 0 Å². The molecule has 0 unspecified atom stereocenters. The minimum Gasteiger partial charge on any atom is -0.496 e. The Bertz CT molecular complexity index is 864. The topological polar surface area (TPSA) is 53.8 Å². The van der Waals surface area contributed by atoms with Gasteiger partial charge in [0.25, 0.3) is 5.91 Å². The highest BCUT2D eigenvalue weighted by molar-refractivity contribution is 5.93. The van der Waals surface area contributed by atoms with Gasteiger partial charge in [-0.2, -0.15) is 5.10 Å². The van der Waals surface area contributed by atoms with Gasteiger partial charge in [0.15, 0.2) is 0 Å². The second kappa shape index (κ2) is 11.5. The first-order valence-electron chi connectivity index (χ1n) is 11.7. The number of rotatable bonds is 10. The van der Waals surface area contributed by atoms with Gasteiger partial charge in [-0.25, -0.2) is 0 Å². The van der Waals surface area contributed by atoms with Gasteiger partial charge in [-0.05, 0) is 59.3 Å². The highest BCUT2D eigenvalue weighted by Gasteiger charge is 2.26. The number of para-hydroxylation sites is 1. The Morgan fingerprint density at radius 3 is 2.72 bits per heavy atom. The maximum absolute atomic E-state index is 13.3. The molecule has 0 bridgehead atoms. The van der Waals surface area contributed by atoms with Crippen LogP contribution in [0.25, 0.3) is 0 Å². The first-order chi connectivity index (χ1) is 15.4. The smallest absolute Gasteiger partial charge is 0.257 e. The molecule has 7 nitrogen and oxygen atoms in total. The quantitative estimate of drug-likeness (QED) is 0.566. The van der Waals surface area contributed by atoms with E-state index in [9.17, 15) is 4.79 Å². The summed E-state index contributed by atoms with van der Waals surface area (Å²) in [6, 6.07) is 8.49. The van der Waals surface area contributed by atoms with E-state index in [1.54, 1.807) is 13.3 Å². The van der Waals surface area contributed by atoms with Crippen LogP contribution in [0, 0.1) is 5.92 Å². The van der Waals surface area contributed by atoms with Gasteiger partial charge in [0.2, 0.25) is 0 Å². The third-order valence-electron chi connectivity index (χ3n) is 6.15. The second-order valence-corrected chi connectivity index (χ2v) is 9.41. The van der Waals surface area contributed by atoms with E-state index in [2.05, 4.69) is 55.0 Å². The van der Waals surface area contributed by atoms with Crippen LogP contribution >= 0.6 is 0 Å². The van der Waals surface area contributed by atoms with Gasteiger partial charge in [0.05, 0.1) is 18.9 Å². The monoisotopic (exact) mass is 441 g/mol. The second-order valence-electron chi connectivity index (χ2n) is 9.41. The first kappa shape index (κ1) is 24.3. The fourth-order valence-electron chi connectivity index (χ4n) is 4.34. The van der Waals surface area contributed by atoms with Crippen molar-refractivity contribution in [1.82, 2.24) is 24.5 Å². The van der Waals surface area contributed by atoms with Gasteiger partial charge in [-0.1, -0.05) is 18.2 Å². The molecule has 1 aliphatic heterocycles. The molecule has 32 heavy (non-hydrogen) atoms. The number of likely N-dealkylation sites (tertiary alicyclic amines) is 1. The first-order valence-corrected chi connectivity index (χ1v) is 11.7. The van der Waals surface area contributed by atoms with E-state index >= 15 is 0 Å². The third kappa shape index (κ3) is 6.56. The molecule has 2 aromatic rings. The lowest BCUT2D eigenvalue weighted by molar-refractivity contribution is 0.0660. The van der Waals surface area contributed by atoms with Crippen molar-refractivity contribution < 1.29 is 9.53 Å². The average Bonchev–Trinajstić information content (AvgIpc) is 3.27. The number of nitrogens with zero attached hydrogens (tertiary/aromatic N) is 5. The molecule has 0 radical (unpaired) electrons. The van der Waals surface area contributed by atoms with Crippen LogP contribution in [0.2, 0.25) is 0 Å². The van der Waals surface area contributed by atoms with Crippen molar-refractivity contribution >= 4 is 5.91 Å². The SMILES string of the molecule is COc1ccccc1CN1CCC[C@H](CN(CCN(C)C)C(=O)c2cnn(C(C)C)c2)C1. The number of carbonyl (C=O) groups excluding carboxylic acids is 1. The predicted octanol–water partition coefficient (Wildman–Crippen LogP) is 3.39. The summed E-state index contributed by atoms with van der Waals surface area (Å²) in [4.78, 5) is 20.0. The van der Waals surface area contributed by atoms with Crippen LogP contribution in [-0.2, 0) is 6.54 Å². The van der Waals surface area contributed by atoms with Crippen molar-refractivity contribution in [2.75, 3.05) is 53.9 Å². The maximum atomic E-state index is 13.3. The number of hydrogen-bond acceptors (Lipinski definition) is 5. The van der Waals surface area contributed by atoms with E-state index in [4.69, 9.17) is 4.74 Å².